The maximum atomic E-state index is 11.3. The van der Waals surface area contributed by atoms with Crippen LogP contribution in [0.15, 0.2) is 6.07 Å². The molecule has 1 aromatic rings. The first-order valence-corrected chi connectivity index (χ1v) is 4.38. The van der Waals surface area contributed by atoms with Crippen molar-refractivity contribution in [1.82, 2.24) is 10.3 Å². The van der Waals surface area contributed by atoms with E-state index in [0.29, 0.717) is 5.56 Å². The molecule has 0 aliphatic heterocycles. The molecule has 1 aromatic heterocycles. The summed E-state index contributed by atoms with van der Waals surface area (Å²) in [4.78, 5) is 24.5. The van der Waals surface area contributed by atoms with Crippen LogP contribution in [0.3, 0.4) is 0 Å². The zero-order chi connectivity index (χ0) is 11.4. The number of aromatic carboxylic acids is 1. The fraction of sp³-hybridized carbons (Fsp3) is 0.333. The summed E-state index contributed by atoms with van der Waals surface area (Å²) in [7, 11) is 0. The molecule has 4 N–H and O–H groups in total. The van der Waals surface area contributed by atoms with E-state index in [9.17, 15) is 9.59 Å². The van der Waals surface area contributed by atoms with E-state index in [1.807, 2.05) is 0 Å². The van der Waals surface area contributed by atoms with Gasteiger partial charge < -0.3 is 20.5 Å². The average molecular weight is 212 g/mol. The fourth-order valence-electron chi connectivity index (χ4n) is 1.17. The highest BCUT2D eigenvalue weighted by molar-refractivity contribution is 5.96. The molecule has 82 valence electrons. The van der Waals surface area contributed by atoms with Crippen molar-refractivity contribution in [2.45, 2.75) is 6.92 Å². The minimum Gasteiger partial charge on any atom is -0.477 e. The molecule has 6 heteroatoms. The number of hydrogen-bond donors (Lipinski definition) is 4. The summed E-state index contributed by atoms with van der Waals surface area (Å²) in [5.41, 5.74) is 0.680. The number of aryl methyl sites for hydroxylation is 1. The Kier molecular flexibility index (Phi) is 3.46. The first-order chi connectivity index (χ1) is 7.06. The second-order valence-corrected chi connectivity index (χ2v) is 3.03. The number of carbonyl (C=O) groups excluding carboxylic acids is 1. The summed E-state index contributed by atoms with van der Waals surface area (Å²) >= 11 is 0. The summed E-state index contributed by atoms with van der Waals surface area (Å²) in [5, 5.41) is 19.6. The molecule has 0 fully saturated rings. The van der Waals surface area contributed by atoms with E-state index in [-0.39, 0.29) is 24.5 Å². The second-order valence-electron chi connectivity index (χ2n) is 3.03. The highest BCUT2D eigenvalue weighted by Gasteiger charge is 2.14. The van der Waals surface area contributed by atoms with Crippen LogP contribution in [0.2, 0.25) is 0 Å². The zero-order valence-electron chi connectivity index (χ0n) is 8.20. The van der Waals surface area contributed by atoms with Crippen molar-refractivity contribution in [3.8, 4) is 0 Å². The molecule has 1 amide bonds. The molecule has 0 bridgehead atoms. The third kappa shape index (κ3) is 2.57. The van der Waals surface area contributed by atoms with Gasteiger partial charge in [0.25, 0.3) is 5.91 Å². The summed E-state index contributed by atoms with van der Waals surface area (Å²) in [6, 6.07) is 1.45. The molecule has 1 rings (SSSR count). The second kappa shape index (κ2) is 4.61. The number of aliphatic hydroxyl groups is 1. The summed E-state index contributed by atoms with van der Waals surface area (Å²) < 4.78 is 0. The van der Waals surface area contributed by atoms with Crippen LogP contribution < -0.4 is 5.32 Å². The molecule has 1 heterocycles. The predicted molar refractivity (Wildman–Crippen MR) is 51.9 cm³/mol. The number of H-pyrrole nitrogens is 1. The van der Waals surface area contributed by atoms with Crippen molar-refractivity contribution in [1.29, 1.82) is 0 Å². The Morgan fingerprint density at radius 3 is 2.67 bits per heavy atom. The standard InChI is InChI=1S/C9H12N2O4/c1-5-4-6(8(13)10-2-3-12)11-7(5)9(14)15/h4,11-12H,2-3H2,1H3,(H,10,13)(H,14,15). The van der Waals surface area contributed by atoms with Gasteiger partial charge in [-0.2, -0.15) is 0 Å². The minimum atomic E-state index is -1.10. The van der Waals surface area contributed by atoms with Gasteiger partial charge in [0.05, 0.1) is 6.61 Å². The number of aliphatic hydroxyl groups excluding tert-OH is 1. The molecule has 0 atom stereocenters. The molecule has 0 aliphatic rings. The maximum absolute atomic E-state index is 11.3. The summed E-state index contributed by atoms with van der Waals surface area (Å²) in [6.45, 7) is 1.58. The number of hydrogen-bond acceptors (Lipinski definition) is 3. The number of amides is 1. The minimum absolute atomic E-state index is 0.00384. The quantitative estimate of drug-likeness (QED) is 0.552. The first kappa shape index (κ1) is 11.3. The van der Waals surface area contributed by atoms with Gasteiger partial charge in [-0.25, -0.2) is 4.79 Å². The molecule has 6 nitrogen and oxygen atoms in total. The molecule has 0 unspecified atom stereocenters. The van der Waals surface area contributed by atoms with Crippen molar-refractivity contribution in [3.05, 3.63) is 23.0 Å². The van der Waals surface area contributed by atoms with Gasteiger partial charge in [0.2, 0.25) is 0 Å². The molecular weight excluding hydrogens is 200 g/mol. The van der Waals surface area contributed by atoms with Crippen LogP contribution in [-0.2, 0) is 0 Å². The summed E-state index contributed by atoms with van der Waals surface area (Å²) in [6.07, 6.45) is 0. The third-order valence-electron chi connectivity index (χ3n) is 1.87. The number of nitrogens with one attached hydrogen (secondary N) is 2. The highest BCUT2D eigenvalue weighted by Crippen LogP contribution is 2.09. The van der Waals surface area contributed by atoms with E-state index in [2.05, 4.69) is 10.3 Å². The Morgan fingerprint density at radius 1 is 1.53 bits per heavy atom. The monoisotopic (exact) mass is 212 g/mol. The molecule has 0 saturated heterocycles. The van der Waals surface area contributed by atoms with Gasteiger partial charge in [-0.05, 0) is 18.6 Å². The lowest BCUT2D eigenvalue weighted by atomic mass is 10.2. The predicted octanol–water partition coefficient (Wildman–Crippen LogP) is -0.257. The van der Waals surface area contributed by atoms with Crippen LogP contribution in [-0.4, -0.2) is 40.2 Å². The molecule has 0 radical (unpaired) electrons. The normalized spacial score (nSPS) is 10.0. The Labute approximate surface area is 85.9 Å². The van der Waals surface area contributed by atoms with Crippen LogP contribution in [0.25, 0.3) is 0 Å². The van der Waals surface area contributed by atoms with Gasteiger partial charge in [0.1, 0.15) is 11.4 Å². The van der Waals surface area contributed by atoms with Crippen molar-refractivity contribution in [3.63, 3.8) is 0 Å². The van der Waals surface area contributed by atoms with Crippen LogP contribution >= 0.6 is 0 Å². The Bertz CT molecular complexity index is 383. The molecule has 0 saturated carbocycles. The average Bonchev–Trinajstić information content (AvgIpc) is 2.56. The topological polar surface area (TPSA) is 102 Å². The van der Waals surface area contributed by atoms with Gasteiger partial charge in [0.15, 0.2) is 0 Å². The van der Waals surface area contributed by atoms with Crippen LogP contribution in [0, 0.1) is 6.92 Å². The zero-order valence-corrected chi connectivity index (χ0v) is 8.20. The van der Waals surface area contributed by atoms with Crippen molar-refractivity contribution < 1.29 is 19.8 Å². The Hall–Kier alpha value is -1.82. The van der Waals surface area contributed by atoms with Gasteiger partial charge >= 0.3 is 5.97 Å². The van der Waals surface area contributed by atoms with Gasteiger partial charge in [-0.1, -0.05) is 0 Å². The third-order valence-corrected chi connectivity index (χ3v) is 1.87. The number of carbonyl (C=O) groups is 2. The van der Waals surface area contributed by atoms with Crippen LogP contribution in [0.4, 0.5) is 0 Å². The number of aromatic nitrogens is 1. The van der Waals surface area contributed by atoms with Crippen LogP contribution in [0.1, 0.15) is 26.5 Å². The number of aromatic amines is 1. The van der Waals surface area contributed by atoms with Crippen molar-refractivity contribution in [2.75, 3.05) is 13.2 Å². The number of rotatable bonds is 4. The van der Waals surface area contributed by atoms with E-state index in [1.54, 1.807) is 6.92 Å². The Morgan fingerprint density at radius 2 is 2.20 bits per heavy atom. The lowest BCUT2D eigenvalue weighted by Crippen LogP contribution is -2.26. The smallest absolute Gasteiger partial charge is 0.352 e. The van der Waals surface area contributed by atoms with E-state index in [0.717, 1.165) is 0 Å². The number of carboxylic acid groups (broad SMARTS) is 1. The molecule has 0 aromatic carbocycles. The van der Waals surface area contributed by atoms with E-state index < -0.39 is 11.9 Å². The van der Waals surface area contributed by atoms with E-state index in [1.165, 1.54) is 6.07 Å². The SMILES string of the molecule is Cc1cc(C(=O)NCCO)[nH]c1C(=O)O. The van der Waals surface area contributed by atoms with E-state index in [4.69, 9.17) is 10.2 Å². The molecule has 15 heavy (non-hydrogen) atoms. The largest absolute Gasteiger partial charge is 0.477 e. The molecule has 0 spiro atoms. The van der Waals surface area contributed by atoms with Gasteiger partial charge in [0, 0.05) is 6.54 Å². The lowest BCUT2D eigenvalue weighted by molar-refractivity contribution is 0.0690. The highest BCUT2D eigenvalue weighted by atomic mass is 16.4. The number of carboxylic acids is 1. The van der Waals surface area contributed by atoms with Crippen molar-refractivity contribution >= 4 is 11.9 Å². The lowest BCUT2D eigenvalue weighted by Gasteiger charge is -1.99. The van der Waals surface area contributed by atoms with Crippen LogP contribution in [0.5, 0.6) is 0 Å². The van der Waals surface area contributed by atoms with Crippen molar-refractivity contribution in [2.24, 2.45) is 0 Å². The molecule has 0 aliphatic carbocycles. The summed E-state index contributed by atoms with van der Waals surface area (Å²) in [5.74, 6) is -1.53. The fourth-order valence-corrected chi connectivity index (χ4v) is 1.17. The van der Waals surface area contributed by atoms with Gasteiger partial charge in [-0.15, -0.1) is 0 Å². The maximum Gasteiger partial charge on any atom is 0.352 e. The Balaban J connectivity index is 2.83. The molecular formula is C9H12N2O4. The van der Waals surface area contributed by atoms with Gasteiger partial charge in [-0.3, -0.25) is 4.79 Å². The first-order valence-electron chi connectivity index (χ1n) is 4.38. The van der Waals surface area contributed by atoms with E-state index >= 15 is 0 Å².